The molecule has 0 aromatic heterocycles. The molecule has 1 fully saturated rings. The van der Waals surface area contributed by atoms with Gasteiger partial charge >= 0.3 is 10.2 Å². The van der Waals surface area contributed by atoms with Gasteiger partial charge < -0.3 is 16.4 Å². The molecular formula is C10H17N5O2S. The molecule has 0 spiro atoms. The van der Waals surface area contributed by atoms with E-state index in [1.807, 2.05) is 0 Å². The SMILES string of the molecule is NC1=NS(=O)(=O)NC2=C1NC(C1CCCCC1)N2. The fourth-order valence-electron chi connectivity index (χ4n) is 2.80. The number of nitrogens with one attached hydrogen (secondary N) is 3. The molecule has 0 aromatic rings. The molecule has 1 aliphatic carbocycles. The molecule has 8 heteroatoms. The van der Waals surface area contributed by atoms with E-state index in [2.05, 4.69) is 19.8 Å². The summed E-state index contributed by atoms with van der Waals surface area (Å²) in [4.78, 5) is 0. The third kappa shape index (κ3) is 2.00. The molecule has 3 aliphatic rings. The quantitative estimate of drug-likeness (QED) is 0.512. The van der Waals surface area contributed by atoms with Gasteiger partial charge in [-0.3, -0.25) is 0 Å². The average molecular weight is 271 g/mol. The van der Waals surface area contributed by atoms with Crippen LogP contribution in [0.25, 0.3) is 0 Å². The first kappa shape index (κ1) is 11.6. The van der Waals surface area contributed by atoms with Crippen LogP contribution in [-0.4, -0.2) is 20.4 Å². The Balaban J connectivity index is 1.76. The molecule has 0 amide bonds. The van der Waals surface area contributed by atoms with E-state index in [1.165, 1.54) is 19.3 Å². The molecule has 100 valence electrons. The van der Waals surface area contributed by atoms with E-state index in [0.717, 1.165) is 12.8 Å². The minimum absolute atomic E-state index is 0.0227. The van der Waals surface area contributed by atoms with Gasteiger partial charge in [-0.15, -0.1) is 4.40 Å². The summed E-state index contributed by atoms with van der Waals surface area (Å²) in [5.74, 6) is 0.953. The lowest BCUT2D eigenvalue weighted by atomic mass is 9.87. The second-order valence-electron chi connectivity index (χ2n) is 4.97. The molecule has 2 heterocycles. The molecule has 0 radical (unpaired) electrons. The van der Waals surface area contributed by atoms with Crippen molar-refractivity contribution in [1.29, 1.82) is 0 Å². The Morgan fingerprint density at radius 3 is 2.61 bits per heavy atom. The van der Waals surface area contributed by atoms with Crippen molar-refractivity contribution in [2.45, 2.75) is 38.3 Å². The number of hydrogen-bond acceptors (Lipinski definition) is 5. The van der Waals surface area contributed by atoms with Crippen LogP contribution in [0.3, 0.4) is 0 Å². The maximum absolute atomic E-state index is 11.4. The Bertz CT molecular complexity index is 518. The molecule has 1 saturated carbocycles. The van der Waals surface area contributed by atoms with Gasteiger partial charge in [-0.2, -0.15) is 8.42 Å². The van der Waals surface area contributed by atoms with E-state index in [-0.39, 0.29) is 12.0 Å². The van der Waals surface area contributed by atoms with E-state index in [1.54, 1.807) is 0 Å². The Labute approximate surface area is 106 Å². The summed E-state index contributed by atoms with van der Waals surface area (Å²) in [7, 11) is -3.69. The number of nitrogens with two attached hydrogens (primary N) is 1. The zero-order chi connectivity index (χ0) is 12.8. The molecule has 1 atom stereocenters. The minimum atomic E-state index is -3.69. The summed E-state index contributed by atoms with van der Waals surface area (Å²) in [5, 5.41) is 6.40. The molecular weight excluding hydrogens is 254 g/mol. The van der Waals surface area contributed by atoms with Crippen LogP contribution >= 0.6 is 0 Å². The molecule has 18 heavy (non-hydrogen) atoms. The summed E-state index contributed by atoms with van der Waals surface area (Å²) in [6, 6.07) is 0. The molecule has 3 rings (SSSR count). The highest BCUT2D eigenvalue weighted by Gasteiger charge is 2.35. The number of nitrogens with zero attached hydrogens (tertiary/aromatic N) is 1. The van der Waals surface area contributed by atoms with Gasteiger partial charge in [0.15, 0.2) is 5.84 Å². The maximum atomic E-state index is 11.4. The van der Waals surface area contributed by atoms with Crippen LogP contribution in [0.5, 0.6) is 0 Å². The van der Waals surface area contributed by atoms with Crippen molar-refractivity contribution < 1.29 is 8.42 Å². The van der Waals surface area contributed by atoms with Crippen molar-refractivity contribution in [2.24, 2.45) is 16.0 Å². The first-order valence-corrected chi connectivity index (χ1v) is 7.65. The second kappa shape index (κ2) is 4.04. The van der Waals surface area contributed by atoms with Crippen LogP contribution in [0.15, 0.2) is 15.9 Å². The van der Waals surface area contributed by atoms with Crippen LogP contribution in [0, 0.1) is 5.92 Å². The predicted octanol–water partition coefficient (Wildman–Crippen LogP) is -0.540. The first-order valence-electron chi connectivity index (χ1n) is 6.21. The molecule has 0 bridgehead atoms. The van der Waals surface area contributed by atoms with Crippen molar-refractivity contribution in [3.8, 4) is 0 Å². The number of amidine groups is 1. The molecule has 0 aromatic carbocycles. The first-order chi connectivity index (χ1) is 8.55. The highest BCUT2D eigenvalue weighted by atomic mass is 32.2. The molecule has 2 aliphatic heterocycles. The van der Waals surface area contributed by atoms with Gasteiger partial charge in [0.1, 0.15) is 17.7 Å². The lowest BCUT2D eigenvalue weighted by Crippen LogP contribution is -2.42. The van der Waals surface area contributed by atoms with Crippen molar-refractivity contribution in [1.82, 2.24) is 15.4 Å². The van der Waals surface area contributed by atoms with E-state index in [9.17, 15) is 8.42 Å². The van der Waals surface area contributed by atoms with Crippen LogP contribution in [0.4, 0.5) is 0 Å². The summed E-state index contributed by atoms with van der Waals surface area (Å²) in [5.41, 5.74) is 6.23. The monoisotopic (exact) mass is 271 g/mol. The Hall–Kier alpha value is -1.44. The summed E-state index contributed by atoms with van der Waals surface area (Å²) < 4.78 is 28.6. The standard InChI is InChI=1S/C10H17N5O2S/c11-8-7-10(15-18(16,17)14-8)13-9(12-7)6-4-2-1-3-5-6/h6,9,12-13,15H,1-5H2,(H2,11,14). The van der Waals surface area contributed by atoms with Gasteiger partial charge in [0.25, 0.3) is 0 Å². The largest absolute Gasteiger partial charge is 0.381 e. The van der Waals surface area contributed by atoms with Gasteiger partial charge in [0.05, 0.1) is 0 Å². The fraction of sp³-hybridized carbons (Fsp3) is 0.700. The topological polar surface area (TPSA) is 109 Å². The van der Waals surface area contributed by atoms with Gasteiger partial charge in [0, 0.05) is 0 Å². The second-order valence-corrected chi connectivity index (χ2v) is 6.30. The fourth-order valence-corrected chi connectivity index (χ4v) is 3.62. The smallest absolute Gasteiger partial charge is 0.345 e. The highest BCUT2D eigenvalue weighted by molar-refractivity contribution is 7.88. The van der Waals surface area contributed by atoms with E-state index < -0.39 is 10.2 Å². The lowest BCUT2D eigenvalue weighted by molar-refractivity contribution is 0.271. The normalized spacial score (nSPS) is 30.9. The van der Waals surface area contributed by atoms with Crippen molar-refractivity contribution in [3.63, 3.8) is 0 Å². The van der Waals surface area contributed by atoms with Gasteiger partial charge in [-0.25, -0.2) is 4.72 Å². The van der Waals surface area contributed by atoms with Gasteiger partial charge in [-0.05, 0) is 18.8 Å². The zero-order valence-electron chi connectivity index (χ0n) is 9.94. The van der Waals surface area contributed by atoms with Crippen LogP contribution < -0.4 is 21.1 Å². The molecule has 7 nitrogen and oxygen atoms in total. The average Bonchev–Trinajstić information content (AvgIpc) is 2.72. The number of rotatable bonds is 1. The third-order valence-corrected chi connectivity index (χ3v) is 4.58. The molecule has 0 saturated heterocycles. The lowest BCUT2D eigenvalue weighted by Gasteiger charge is -2.28. The summed E-state index contributed by atoms with van der Waals surface area (Å²) >= 11 is 0. The van der Waals surface area contributed by atoms with E-state index in [0.29, 0.717) is 17.4 Å². The van der Waals surface area contributed by atoms with Crippen molar-refractivity contribution >= 4 is 16.0 Å². The van der Waals surface area contributed by atoms with Crippen molar-refractivity contribution in [3.05, 3.63) is 11.5 Å². The van der Waals surface area contributed by atoms with E-state index >= 15 is 0 Å². The van der Waals surface area contributed by atoms with Crippen molar-refractivity contribution in [2.75, 3.05) is 0 Å². The molecule has 1 unspecified atom stereocenters. The Kier molecular flexibility index (Phi) is 2.61. The van der Waals surface area contributed by atoms with Gasteiger partial charge in [-0.1, -0.05) is 19.3 Å². The van der Waals surface area contributed by atoms with E-state index in [4.69, 9.17) is 5.73 Å². The Morgan fingerprint density at radius 2 is 1.89 bits per heavy atom. The summed E-state index contributed by atoms with van der Waals surface area (Å²) in [6.07, 6.45) is 6.08. The highest BCUT2D eigenvalue weighted by Crippen LogP contribution is 2.28. The van der Waals surface area contributed by atoms with Crippen LogP contribution in [0.1, 0.15) is 32.1 Å². The van der Waals surface area contributed by atoms with Crippen LogP contribution in [-0.2, 0) is 10.2 Å². The zero-order valence-corrected chi connectivity index (χ0v) is 10.8. The van der Waals surface area contributed by atoms with Gasteiger partial charge in [0.2, 0.25) is 0 Å². The Morgan fingerprint density at radius 1 is 1.17 bits per heavy atom. The molecule has 5 N–H and O–H groups in total. The predicted molar refractivity (Wildman–Crippen MR) is 67.3 cm³/mol. The minimum Gasteiger partial charge on any atom is -0.381 e. The third-order valence-electron chi connectivity index (χ3n) is 3.68. The van der Waals surface area contributed by atoms with Crippen LogP contribution in [0.2, 0.25) is 0 Å². The number of hydrogen-bond donors (Lipinski definition) is 4. The maximum Gasteiger partial charge on any atom is 0.345 e. The summed E-state index contributed by atoms with van der Waals surface area (Å²) in [6.45, 7) is 0.